The van der Waals surface area contributed by atoms with Gasteiger partial charge < -0.3 is 21.3 Å². The number of hydrogen-bond donors (Lipinski definition) is 3. The van der Waals surface area contributed by atoms with Gasteiger partial charge in [-0.25, -0.2) is 9.97 Å². The molecular weight excluding hydrogens is 348 g/mol. The van der Waals surface area contributed by atoms with Gasteiger partial charge in [0.1, 0.15) is 24.0 Å². The molecule has 0 fully saturated rings. The van der Waals surface area contributed by atoms with Crippen LogP contribution < -0.4 is 16.2 Å². The lowest BCUT2D eigenvalue weighted by Gasteiger charge is -2.12. The lowest BCUT2D eigenvalue weighted by Crippen LogP contribution is -2.20. The first-order valence-corrected chi connectivity index (χ1v) is 9.08. The fourth-order valence-corrected chi connectivity index (χ4v) is 3.09. The summed E-state index contributed by atoms with van der Waals surface area (Å²) in [6.45, 7) is 0.176. The highest BCUT2D eigenvalue weighted by molar-refractivity contribution is 7.99. The van der Waals surface area contributed by atoms with Crippen molar-refractivity contribution in [3.63, 3.8) is 0 Å². The summed E-state index contributed by atoms with van der Waals surface area (Å²) in [6, 6.07) is 19.4. The zero-order valence-corrected chi connectivity index (χ0v) is 14.9. The monoisotopic (exact) mass is 368 g/mol. The third-order valence-electron chi connectivity index (χ3n) is 3.55. The Morgan fingerprint density at radius 1 is 0.923 bits per heavy atom. The molecule has 7 heteroatoms. The van der Waals surface area contributed by atoms with Crippen molar-refractivity contribution >= 4 is 23.4 Å². The Hall–Kier alpha value is -2.77. The lowest BCUT2D eigenvalue weighted by molar-refractivity contribution is 0.126. The predicted octanol–water partition coefficient (Wildman–Crippen LogP) is 2.84. The van der Waals surface area contributed by atoms with Crippen molar-refractivity contribution in [2.45, 2.75) is 11.3 Å². The van der Waals surface area contributed by atoms with Crippen LogP contribution >= 0.6 is 11.8 Å². The molecule has 2 aromatic carbocycles. The SMILES string of the molecule is Nc1cc(N)nc(SCC(O)COc2ccc(-c3ccccc3)cc2)n1. The van der Waals surface area contributed by atoms with Gasteiger partial charge in [0.2, 0.25) is 0 Å². The number of aromatic nitrogens is 2. The molecule has 0 amide bonds. The zero-order valence-electron chi connectivity index (χ0n) is 14.1. The first-order chi connectivity index (χ1) is 12.6. The molecule has 0 bridgehead atoms. The van der Waals surface area contributed by atoms with Crippen molar-refractivity contribution in [2.24, 2.45) is 0 Å². The molecule has 1 heterocycles. The summed E-state index contributed by atoms with van der Waals surface area (Å²) in [5.74, 6) is 1.71. The fourth-order valence-electron chi connectivity index (χ4n) is 2.31. The normalized spacial score (nSPS) is 11.9. The number of nitrogens with zero attached hydrogens (tertiary/aromatic N) is 2. The summed E-state index contributed by atoms with van der Waals surface area (Å²) < 4.78 is 5.64. The van der Waals surface area contributed by atoms with Crippen LogP contribution in [0.1, 0.15) is 0 Å². The van der Waals surface area contributed by atoms with Crippen LogP contribution in [0.3, 0.4) is 0 Å². The minimum absolute atomic E-state index is 0.176. The van der Waals surface area contributed by atoms with Crippen molar-refractivity contribution in [1.82, 2.24) is 9.97 Å². The molecule has 0 radical (unpaired) electrons. The standard InChI is InChI=1S/C19H20N4O2S/c20-17-10-18(21)23-19(22-17)26-12-15(24)11-25-16-8-6-14(7-9-16)13-4-2-1-3-5-13/h1-10,15,24H,11-12H2,(H4,20,21,22,23). The summed E-state index contributed by atoms with van der Waals surface area (Å²) in [7, 11) is 0. The Kier molecular flexibility index (Phi) is 5.93. The number of anilines is 2. The van der Waals surface area contributed by atoms with Crippen molar-refractivity contribution < 1.29 is 9.84 Å². The molecule has 26 heavy (non-hydrogen) atoms. The second-order valence-corrected chi connectivity index (χ2v) is 6.65. The molecule has 5 N–H and O–H groups in total. The van der Waals surface area contributed by atoms with Crippen molar-refractivity contribution in [1.29, 1.82) is 0 Å². The van der Waals surface area contributed by atoms with E-state index in [9.17, 15) is 5.11 Å². The number of hydrogen-bond acceptors (Lipinski definition) is 7. The number of thioether (sulfide) groups is 1. The van der Waals surface area contributed by atoms with Gasteiger partial charge in [-0.05, 0) is 23.3 Å². The molecule has 1 unspecified atom stereocenters. The number of rotatable bonds is 7. The second-order valence-electron chi connectivity index (χ2n) is 5.67. The highest BCUT2D eigenvalue weighted by Crippen LogP contribution is 2.22. The van der Waals surface area contributed by atoms with E-state index in [2.05, 4.69) is 22.1 Å². The minimum Gasteiger partial charge on any atom is -0.491 e. The van der Waals surface area contributed by atoms with Crippen LogP contribution in [0.25, 0.3) is 11.1 Å². The van der Waals surface area contributed by atoms with E-state index >= 15 is 0 Å². The summed E-state index contributed by atoms with van der Waals surface area (Å²) in [5, 5.41) is 10.5. The maximum atomic E-state index is 10.1. The van der Waals surface area contributed by atoms with Crippen molar-refractivity contribution in [3.05, 3.63) is 60.7 Å². The molecule has 0 aliphatic carbocycles. The van der Waals surface area contributed by atoms with Crippen LogP contribution in [0.15, 0.2) is 65.8 Å². The van der Waals surface area contributed by atoms with E-state index in [-0.39, 0.29) is 6.61 Å². The molecular formula is C19H20N4O2S. The fraction of sp³-hybridized carbons (Fsp3) is 0.158. The van der Waals surface area contributed by atoms with E-state index in [0.29, 0.717) is 28.3 Å². The molecule has 3 aromatic rings. The summed E-state index contributed by atoms with van der Waals surface area (Å²) >= 11 is 1.28. The number of aliphatic hydroxyl groups excluding tert-OH is 1. The largest absolute Gasteiger partial charge is 0.491 e. The minimum atomic E-state index is -0.667. The predicted molar refractivity (Wildman–Crippen MR) is 105 cm³/mol. The van der Waals surface area contributed by atoms with Crippen LogP contribution in [0.4, 0.5) is 11.6 Å². The number of ether oxygens (including phenoxy) is 1. The Labute approximate surface area is 156 Å². The first-order valence-electron chi connectivity index (χ1n) is 8.09. The Balaban J connectivity index is 1.49. The van der Waals surface area contributed by atoms with E-state index in [1.807, 2.05) is 42.5 Å². The quantitative estimate of drug-likeness (QED) is 0.435. The summed E-state index contributed by atoms with van der Waals surface area (Å²) in [4.78, 5) is 8.12. The van der Waals surface area contributed by atoms with E-state index in [0.717, 1.165) is 11.1 Å². The zero-order chi connectivity index (χ0) is 18.4. The van der Waals surface area contributed by atoms with Gasteiger partial charge >= 0.3 is 0 Å². The molecule has 0 spiro atoms. The Morgan fingerprint density at radius 3 is 2.19 bits per heavy atom. The number of nitrogens with two attached hydrogens (primary N) is 2. The molecule has 0 aliphatic rings. The number of aliphatic hydroxyl groups is 1. The average Bonchev–Trinajstić information content (AvgIpc) is 2.65. The Bertz CT molecular complexity index is 824. The lowest BCUT2D eigenvalue weighted by atomic mass is 10.1. The molecule has 0 saturated carbocycles. The maximum absolute atomic E-state index is 10.1. The molecule has 3 rings (SSSR count). The van der Waals surface area contributed by atoms with E-state index in [1.54, 1.807) is 0 Å². The Morgan fingerprint density at radius 2 is 1.54 bits per heavy atom. The van der Waals surface area contributed by atoms with Crippen molar-refractivity contribution in [2.75, 3.05) is 23.8 Å². The van der Waals surface area contributed by atoms with Gasteiger partial charge in [-0.15, -0.1) is 0 Å². The molecule has 134 valence electrons. The van der Waals surface area contributed by atoms with Gasteiger partial charge in [0, 0.05) is 11.8 Å². The van der Waals surface area contributed by atoms with E-state index in [4.69, 9.17) is 16.2 Å². The number of nitrogen functional groups attached to an aromatic ring is 2. The number of benzene rings is 2. The molecule has 0 saturated heterocycles. The van der Waals surface area contributed by atoms with E-state index in [1.165, 1.54) is 17.8 Å². The van der Waals surface area contributed by atoms with Crippen LogP contribution in [0.2, 0.25) is 0 Å². The van der Waals surface area contributed by atoms with Gasteiger partial charge in [0.25, 0.3) is 0 Å². The highest BCUT2D eigenvalue weighted by atomic mass is 32.2. The average molecular weight is 368 g/mol. The van der Waals surface area contributed by atoms with Crippen LogP contribution in [0.5, 0.6) is 5.75 Å². The molecule has 6 nitrogen and oxygen atoms in total. The van der Waals surface area contributed by atoms with Crippen molar-refractivity contribution in [3.8, 4) is 16.9 Å². The van der Waals surface area contributed by atoms with Gasteiger partial charge in [0.15, 0.2) is 5.16 Å². The second kappa shape index (κ2) is 8.55. The third-order valence-corrected chi connectivity index (χ3v) is 4.55. The molecule has 0 aliphatic heterocycles. The smallest absolute Gasteiger partial charge is 0.191 e. The van der Waals surface area contributed by atoms with Gasteiger partial charge in [-0.1, -0.05) is 54.2 Å². The van der Waals surface area contributed by atoms with Gasteiger partial charge in [0.05, 0.1) is 6.10 Å². The molecule has 1 atom stereocenters. The molecule has 1 aromatic heterocycles. The topological polar surface area (TPSA) is 107 Å². The van der Waals surface area contributed by atoms with Crippen LogP contribution in [-0.2, 0) is 0 Å². The van der Waals surface area contributed by atoms with Gasteiger partial charge in [-0.2, -0.15) is 0 Å². The van der Waals surface area contributed by atoms with E-state index < -0.39 is 6.10 Å². The van der Waals surface area contributed by atoms with Crippen LogP contribution in [0, 0.1) is 0 Å². The maximum Gasteiger partial charge on any atom is 0.191 e. The van der Waals surface area contributed by atoms with Gasteiger partial charge in [-0.3, -0.25) is 0 Å². The third kappa shape index (κ3) is 5.11. The first kappa shape index (κ1) is 18.0. The summed E-state index contributed by atoms with van der Waals surface area (Å²) in [6.07, 6.45) is -0.667. The summed E-state index contributed by atoms with van der Waals surface area (Å²) in [5.41, 5.74) is 13.5. The van der Waals surface area contributed by atoms with Crippen LogP contribution in [-0.4, -0.2) is 33.5 Å². The highest BCUT2D eigenvalue weighted by Gasteiger charge is 2.09.